The molecule has 10 heteroatoms. The van der Waals surface area contributed by atoms with Crippen molar-refractivity contribution in [2.75, 3.05) is 44.2 Å². The summed E-state index contributed by atoms with van der Waals surface area (Å²) in [5.74, 6) is -3.16. The molecule has 3 aliphatic heterocycles. The minimum Gasteiger partial charge on any atom is -0.341 e. The average Bonchev–Trinajstić information content (AvgIpc) is 3.28. The quantitative estimate of drug-likeness (QED) is 0.587. The molecule has 1 aromatic rings. The molecule has 2 amide bonds. The minimum atomic E-state index is -3.05. The summed E-state index contributed by atoms with van der Waals surface area (Å²) < 4.78 is 29.8. The molecule has 0 unspecified atom stereocenters. The molecule has 0 spiro atoms. The van der Waals surface area contributed by atoms with Crippen molar-refractivity contribution in [1.29, 1.82) is 0 Å². The van der Waals surface area contributed by atoms with Gasteiger partial charge in [-0.15, -0.1) is 12.4 Å². The van der Waals surface area contributed by atoms with E-state index in [0.717, 1.165) is 18.5 Å². The highest BCUT2D eigenvalue weighted by atomic mass is 35.5. The third kappa shape index (κ3) is 6.00. The van der Waals surface area contributed by atoms with Crippen molar-refractivity contribution in [2.45, 2.75) is 77.3 Å². The first-order valence-electron chi connectivity index (χ1n) is 12.8. The normalized spacial score (nSPS) is 24.3. The van der Waals surface area contributed by atoms with Crippen LogP contribution in [0.15, 0.2) is 12.3 Å². The Kier molecular flexibility index (Phi) is 8.68. The zero-order valence-corrected chi connectivity index (χ0v) is 22.8. The fourth-order valence-corrected chi connectivity index (χ4v) is 5.61. The number of nitrogens with one attached hydrogen (secondary N) is 1. The van der Waals surface area contributed by atoms with Crippen LogP contribution in [0.25, 0.3) is 0 Å². The monoisotopic (exact) mass is 527 g/mol. The van der Waals surface area contributed by atoms with Crippen LogP contribution in [0.1, 0.15) is 65.1 Å². The smallest absolute Gasteiger partial charge is 0.290 e. The lowest BCUT2D eigenvalue weighted by Crippen LogP contribution is -2.60. The number of piperazine rings is 1. The molecule has 3 aliphatic rings. The summed E-state index contributed by atoms with van der Waals surface area (Å²) in [6.45, 7) is 13.0. The van der Waals surface area contributed by atoms with Crippen molar-refractivity contribution in [3.8, 4) is 0 Å². The Hall–Kier alpha value is -1.84. The summed E-state index contributed by atoms with van der Waals surface area (Å²) >= 11 is 0. The number of likely N-dealkylation sites (tertiary alicyclic amines) is 1. The van der Waals surface area contributed by atoms with Gasteiger partial charge in [-0.05, 0) is 25.3 Å². The van der Waals surface area contributed by atoms with E-state index in [-0.39, 0.29) is 66.3 Å². The summed E-state index contributed by atoms with van der Waals surface area (Å²) in [6, 6.07) is 1.68. The largest absolute Gasteiger partial charge is 0.341 e. The van der Waals surface area contributed by atoms with Crippen LogP contribution in [0.4, 0.5) is 14.5 Å². The highest BCUT2D eigenvalue weighted by molar-refractivity contribution is 5.97. The molecule has 1 N–H and O–H groups in total. The topological polar surface area (TPSA) is 68.8 Å². The van der Waals surface area contributed by atoms with Gasteiger partial charge in [0.15, 0.2) is 0 Å². The summed E-state index contributed by atoms with van der Waals surface area (Å²) in [6.07, 6.45) is 2.71. The van der Waals surface area contributed by atoms with Crippen LogP contribution >= 0.6 is 12.4 Å². The molecule has 2 fully saturated rings. The third-order valence-electron chi connectivity index (χ3n) is 7.46. The van der Waals surface area contributed by atoms with E-state index in [9.17, 15) is 18.4 Å². The summed E-state index contributed by atoms with van der Waals surface area (Å²) in [4.78, 5) is 35.6. The predicted octanol–water partition coefficient (Wildman–Crippen LogP) is 3.55. The molecule has 202 valence electrons. The lowest BCUT2D eigenvalue weighted by atomic mass is 9.88. The summed E-state index contributed by atoms with van der Waals surface area (Å²) in [7, 11) is 0. The second kappa shape index (κ2) is 10.9. The van der Waals surface area contributed by atoms with Gasteiger partial charge in [0.05, 0.1) is 12.2 Å². The number of pyridine rings is 1. The molecule has 0 aromatic carbocycles. The maximum Gasteiger partial charge on any atom is 0.290 e. The van der Waals surface area contributed by atoms with Gasteiger partial charge in [-0.25, -0.2) is 0 Å². The van der Waals surface area contributed by atoms with E-state index >= 15 is 0 Å². The Morgan fingerprint density at radius 2 is 2.06 bits per heavy atom. The Morgan fingerprint density at radius 3 is 2.69 bits per heavy atom. The molecule has 0 bridgehead atoms. The molecular formula is C26H40ClF2N5O2. The zero-order valence-electron chi connectivity index (χ0n) is 22.0. The van der Waals surface area contributed by atoms with Gasteiger partial charge in [-0.2, -0.15) is 8.78 Å². The molecule has 1 aromatic heterocycles. The summed E-state index contributed by atoms with van der Waals surface area (Å²) in [5.41, 5.74) is 0.717. The second-order valence-electron chi connectivity index (χ2n) is 11.6. The molecule has 36 heavy (non-hydrogen) atoms. The van der Waals surface area contributed by atoms with E-state index in [1.54, 1.807) is 18.7 Å². The van der Waals surface area contributed by atoms with E-state index in [0.29, 0.717) is 38.3 Å². The number of carbonyl (C=O) groups is 2. The van der Waals surface area contributed by atoms with E-state index in [1.807, 2.05) is 18.7 Å². The Morgan fingerprint density at radius 1 is 1.33 bits per heavy atom. The van der Waals surface area contributed by atoms with E-state index in [2.05, 4.69) is 22.1 Å². The number of fused-ring (bicyclic) bond motifs is 1. The van der Waals surface area contributed by atoms with Crippen molar-refractivity contribution in [2.24, 2.45) is 5.92 Å². The predicted molar refractivity (Wildman–Crippen MR) is 139 cm³/mol. The van der Waals surface area contributed by atoms with Gasteiger partial charge in [-0.3, -0.25) is 19.5 Å². The first-order valence-corrected chi connectivity index (χ1v) is 12.8. The molecule has 2 saturated heterocycles. The van der Waals surface area contributed by atoms with Crippen LogP contribution < -0.4 is 10.2 Å². The number of hydrogen-bond acceptors (Lipinski definition) is 5. The van der Waals surface area contributed by atoms with Crippen molar-refractivity contribution >= 4 is 29.9 Å². The first kappa shape index (κ1) is 28.7. The van der Waals surface area contributed by atoms with Gasteiger partial charge in [0, 0.05) is 74.8 Å². The van der Waals surface area contributed by atoms with Gasteiger partial charge < -0.3 is 15.1 Å². The van der Waals surface area contributed by atoms with E-state index in [4.69, 9.17) is 0 Å². The maximum absolute atomic E-state index is 14.9. The van der Waals surface area contributed by atoms with Gasteiger partial charge in [0.2, 0.25) is 11.8 Å². The van der Waals surface area contributed by atoms with Crippen molar-refractivity contribution in [1.82, 2.24) is 20.1 Å². The molecule has 4 rings (SSSR count). The summed E-state index contributed by atoms with van der Waals surface area (Å²) in [5, 5.41) is 3.47. The molecule has 0 aliphatic carbocycles. The number of amides is 2. The minimum absolute atomic E-state index is 0. The SMILES string of the molecule is CC(C)CC(F)(F)c1cc2c(cn1)C(C)(C)CN2C(=O)CN1C[C@@H](C)NC[C@@H]1CN1CCCC1=O.Cl. The number of rotatable bonds is 7. The number of anilines is 1. The highest BCUT2D eigenvalue weighted by Crippen LogP contribution is 2.43. The fourth-order valence-electron chi connectivity index (χ4n) is 5.61. The molecule has 4 heterocycles. The number of nitrogens with zero attached hydrogens (tertiary/aromatic N) is 4. The first-order chi connectivity index (χ1) is 16.4. The Balaban J connectivity index is 0.00000361. The zero-order chi connectivity index (χ0) is 25.5. The number of alkyl halides is 2. The standard InChI is InChI=1S/C26H39F2N5O2.ClH/c1-17(2)10-26(27,28)22-9-21-20(12-30-22)25(4,5)16-33(21)24(35)15-32-13-18(3)29-11-19(32)14-31-8-6-7-23(31)34;/h9,12,17-19,29H,6-8,10-11,13-16H2,1-5H3;1H/t18-,19-;/m1./s1. The van der Waals surface area contributed by atoms with Crippen molar-refractivity contribution < 1.29 is 18.4 Å². The van der Waals surface area contributed by atoms with Gasteiger partial charge in [0.25, 0.3) is 5.92 Å². The number of aromatic nitrogens is 1. The molecule has 0 saturated carbocycles. The molecular weight excluding hydrogens is 488 g/mol. The Bertz CT molecular complexity index is 974. The van der Waals surface area contributed by atoms with Crippen LogP contribution in [0, 0.1) is 5.92 Å². The van der Waals surface area contributed by atoms with Crippen LogP contribution in [0.2, 0.25) is 0 Å². The molecule has 2 atom stereocenters. The van der Waals surface area contributed by atoms with E-state index < -0.39 is 5.92 Å². The lowest BCUT2D eigenvalue weighted by molar-refractivity contribution is -0.128. The Labute approximate surface area is 219 Å². The third-order valence-corrected chi connectivity index (χ3v) is 7.46. The van der Waals surface area contributed by atoms with Crippen molar-refractivity contribution in [3.63, 3.8) is 0 Å². The second-order valence-corrected chi connectivity index (χ2v) is 11.6. The van der Waals surface area contributed by atoms with Crippen molar-refractivity contribution in [3.05, 3.63) is 23.5 Å². The van der Waals surface area contributed by atoms with Gasteiger partial charge in [-0.1, -0.05) is 27.7 Å². The van der Waals surface area contributed by atoms with Gasteiger partial charge >= 0.3 is 0 Å². The number of halogens is 3. The van der Waals surface area contributed by atoms with Crippen LogP contribution in [0.5, 0.6) is 0 Å². The lowest BCUT2D eigenvalue weighted by Gasteiger charge is -2.41. The average molecular weight is 528 g/mol. The van der Waals surface area contributed by atoms with Crippen LogP contribution in [-0.2, 0) is 20.9 Å². The number of carbonyl (C=O) groups excluding carboxylic acids is 2. The van der Waals surface area contributed by atoms with Crippen LogP contribution in [-0.4, -0.2) is 78.0 Å². The van der Waals surface area contributed by atoms with E-state index in [1.165, 1.54) is 12.3 Å². The van der Waals surface area contributed by atoms with Gasteiger partial charge in [0.1, 0.15) is 5.69 Å². The fraction of sp³-hybridized carbons (Fsp3) is 0.731. The van der Waals surface area contributed by atoms with Crippen LogP contribution in [0.3, 0.4) is 0 Å². The maximum atomic E-state index is 14.9. The molecule has 7 nitrogen and oxygen atoms in total. The molecule has 0 radical (unpaired) electrons. The highest BCUT2D eigenvalue weighted by Gasteiger charge is 2.42. The number of hydrogen-bond donors (Lipinski definition) is 1.